The Hall–Kier alpha value is -2.40. The van der Waals surface area contributed by atoms with Gasteiger partial charge in [0.1, 0.15) is 0 Å². The number of carbonyl (C=O) groups excluding carboxylic acids is 1. The molecule has 0 aromatic rings. The summed E-state index contributed by atoms with van der Waals surface area (Å²) in [7, 11) is 3.74. The lowest BCUT2D eigenvalue weighted by atomic mass is 9.84. The van der Waals surface area contributed by atoms with Gasteiger partial charge >= 0.3 is 0 Å². The fraction of sp³-hybridized carbons (Fsp3) is 0.480. The lowest BCUT2D eigenvalue weighted by Crippen LogP contribution is -2.38. The molecule has 0 aliphatic heterocycles. The molecule has 0 bridgehead atoms. The van der Waals surface area contributed by atoms with Crippen LogP contribution in [0.3, 0.4) is 0 Å². The second kappa shape index (κ2) is 11.4. The number of rotatable bonds is 8. The van der Waals surface area contributed by atoms with Crippen molar-refractivity contribution in [3.8, 4) is 0 Å². The average Bonchev–Trinajstić information content (AvgIpc) is 3.62. The summed E-state index contributed by atoms with van der Waals surface area (Å²) >= 11 is 1.98. The molecule has 1 amide bonds. The number of likely N-dealkylation sites (N-methyl/N-ethyl adjacent to an activating group) is 1. The second-order valence-electron chi connectivity index (χ2n) is 9.56. The highest BCUT2D eigenvalue weighted by Crippen LogP contribution is 2.31. The maximum Gasteiger partial charge on any atom is 0.261 e. The quantitative estimate of drug-likeness (QED) is 0.0750. The number of halogens is 1. The number of aliphatic hydroxyl groups is 1. The largest absolute Gasteiger partial charge is 0.411 e. The Balaban J connectivity index is 1.69. The van der Waals surface area contributed by atoms with Gasteiger partial charge in [0, 0.05) is 37.8 Å². The first-order valence-electron chi connectivity index (χ1n) is 11.6. The van der Waals surface area contributed by atoms with Gasteiger partial charge in [0.05, 0.1) is 32.0 Å². The molecule has 0 aromatic carbocycles. The Kier molecular flexibility index (Phi) is 8.75. The fourth-order valence-electron chi connectivity index (χ4n) is 3.93. The van der Waals surface area contributed by atoms with Crippen LogP contribution in [-0.4, -0.2) is 58.3 Å². The van der Waals surface area contributed by atoms with Gasteiger partial charge in [-0.15, -0.1) is 0 Å². The van der Waals surface area contributed by atoms with Gasteiger partial charge in [0.15, 0.2) is 0 Å². The van der Waals surface area contributed by atoms with E-state index in [-0.39, 0.29) is 11.9 Å². The minimum Gasteiger partial charge on any atom is -0.411 e. The highest BCUT2D eigenvalue weighted by Gasteiger charge is 2.28. The smallest absolute Gasteiger partial charge is 0.261 e. The molecule has 0 saturated heterocycles. The molecule has 2 fully saturated rings. The van der Waals surface area contributed by atoms with Crippen molar-refractivity contribution in [2.45, 2.75) is 57.1 Å². The number of nitrogens with zero attached hydrogens (tertiary/aromatic N) is 2. The van der Waals surface area contributed by atoms with E-state index < -0.39 is 5.60 Å². The summed E-state index contributed by atoms with van der Waals surface area (Å²) in [6.07, 6.45) is 15.8. The van der Waals surface area contributed by atoms with Gasteiger partial charge in [-0.25, -0.2) is 0 Å². The third-order valence-electron chi connectivity index (χ3n) is 6.27. The monoisotopic (exact) mass is 579 g/mol. The maximum absolute atomic E-state index is 12.8. The predicted molar refractivity (Wildman–Crippen MR) is 143 cm³/mol. The van der Waals surface area contributed by atoms with Crippen molar-refractivity contribution in [3.05, 3.63) is 57.1 Å². The van der Waals surface area contributed by atoms with Gasteiger partial charge in [-0.1, -0.05) is 11.2 Å². The van der Waals surface area contributed by atoms with Crippen LogP contribution in [0, 0.1) is 11.3 Å². The van der Waals surface area contributed by atoms with E-state index in [1.54, 1.807) is 24.3 Å². The van der Waals surface area contributed by atoms with Crippen LogP contribution < -0.4 is 10.6 Å². The van der Waals surface area contributed by atoms with Crippen molar-refractivity contribution in [2.75, 3.05) is 14.1 Å². The first-order valence-corrected chi connectivity index (χ1v) is 12.6. The van der Waals surface area contributed by atoms with Crippen LogP contribution in [0.25, 0.3) is 0 Å². The summed E-state index contributed by atoms with van der Waals surface area (Å²) in [5.41, 5.74) is 2.45. The molecule has 0 unspecified atom stereocenters. The maximum atomic E-state index is 12.8. The van der Waals surface area contributed by atoms with Crippen molar-refractivity contribution in [2.24, 2.45) is 11.1 Å². The molecule has 184 valence electrons. The standard InChI is InChI=1S/C25H34IN5O3/c1-25(33)11-9-18(10-12-25)28-15-17-13-22(23(31(2)3)14-20(17)27)29-24(32)19(26)5-4-6-21(30-34)16-7-8-16/h4-6,13-16,18,27-28,33-34H,7-12H2,1-3H3,(H,29,32)/b6-4-,17-15-,19-5-,27-20?,30-21-/t18-,25-. The van der Waals surface area contributed by atoms with Crippen LogP contribution in [0.2, 0.25) is 0 Å². The van der Waals surface area contributed by atoms with Crippen LogP contribution in [0.1, 0.15) is 45.4 Å². The van der Waals surface area contributed by atoms with E-state index in [1.807, 2.05) is 60.8 Å². The Labute approximate surface area is 214 Å². The third-order valence-corrected chi connectivity index (χ3v) is 7.12. The molecule has 0 radical (unpaired) electrons. The second-order valence-corrected chi connectivity index (χ2v) is 10.7. The molecule has 2 saturated carbocycles. The Morgan fingerprint density at radius 1 is 1.26 bits per heavy atom. The molecule has 34 heavy (non-hydrogen) atoms. The van der Waals surface area contributed by atoms with Gasteiger partial charge in [-0.3, -0.25) is 4.79 Å². The zero-order chi connectivity index (χ0) is 24.9. The van der Waals surface area contributed by atoms with Gasteiger partial charge in [0.2, 0.25) is 0 Å². The predicted octanol–water partition coefficient (Wildman–Crippen LogP) is 3.75. The Morgan fingerprint density at radius 2 is 1.94 bits per heavy atom. The summed E-state index contributed by atoms with van der Waals surface area (Å²) in [4.78, 5) is 14.7. The van der Waals surface area contributed by atoms with Crippen molar-refractivity contribution in [3.63, 3.8) is 0 Å². The molecule has 5 N–H and O–H groups in total. The van der Waals surface area contributed by atoms with E-state index in [2.05, 4.69) is 15.8 Å². The molecule has 0 heterocycles. The average molecular weight is 579 g/mol. The zero-order valence-corrected chi connectivity index (χ0v) is 22.1. The molecule has 9 heteroatoms. The Morgan fingerprint density at radius 3 is 2.53 bits per heavy atom. The van der Waals surface area contributed by atoms with E-state index in [9.17, 15) is 9.90 Å². The summed E-state index contributed by atoms with van der Waals surface area (Å²) in [5, 5.41) is 37.3. The van der Waals surface area contributed by atoms with E-state index in [4.69, 9.17) is 10.6 Å². The molecular weight excluding hydrogens is 545 g/mol. The van der Waals surface area contributed by atoms with Crippen LogP contribution in [0.4, 0.5) is 0 Å². The lowest BCUT2D eigenvalue weighted by molar-refractivity contribution is -0.116. The van der Waals surface area contributed by atoms with E-state index in [1.165, 1.54) is 0 Å². The normalized spacial score (nSPS) is 27.5. The molecule has 0 spiro atoms. The number of oxime groups is 1. The number of hydrogen-bond acceptors (Lipinski definition) is 7. The lowest BCUT2D eigenvalue weighted by Gasteiger charge is -2.33. The third kappa shape index (κ3) is 7.30. The fourth-order valence-corrected chi connectivity index (χ4v) is 4.27. The molecule has 0 aromatic heterocycles. The van der Waals surface area contributed by atoms with Gasteiger partial charge in [0.25, 0.3) is 5.91 Å². The summed E-state index contributed by atoms with van der Waals surface area (Å²) < 4.78 is 0.486. The van der Waals surface area contributed by atoms with E-state index in [0.717, 1.165) is 44.2 Å². The van der Waals surface area contributed by atoms with Crippen LogP contribution in [0.15, 0.2) is 62.3 Å². The molecule has 3 aliphatic carbocycles. The number of nitrogens with one attached hydrogen (secondary N) is 3. The highest BCUT2D eigenvalue weighted by molar-refractivity contribution is 14.1. The van der Waals surface area contributed by atoms with Gasteiger partial charge in [-0.2, -0.15) is 0 Å². The zero-order valence-electron chi connectivity index (χ0n) is 19.9. The highest BCUT2D eigenvalue weighted by atomic mass is 127. The van der Waals surface area contributed by atoms with Crippen LogP contribution in [0.5, 0.6) is 0 Å². The van der Waals surface area contributed by atoms with Gasteiger partial charge in [-0.05, 0) is 92.3 Å². The SMILES string of the molecule is CN(C)C1=CC(=N)/C(=C\N[C@H]2CC[C@](C)(O)CC2)C=C1NC(=O)/C(I)=C/C=C\C(=N\O)C1CC1. The topological polar surface area (TPSA) is 121 Å². The number of hydrogen-bond donors (Lipinski definition) is 5. The summed E-state index contributed by atoms with van der Waals surface area (Å²) in [6.45, 7) is 1.88. The molecule has 3 rings (SSSR count). The van der Waals surface area contributed by atoms with Crippen LogP contribution >= 0.6 is 22.6 Å². The summed E-state index contributed by atoms with van der Waals surface area (Å²) in [5.74, 6) is 0.0608. The van der Waals surface area contributed by atoms with Crippen molar-refractivity contribution in [1.29, 1.82) is 5.41 Å². The Bertz CT molecular complexity index is 990. The first kappa shape index (κ1) is 26.2. The minimum atomic E-state index is -0.589. The van der Waals surface area contributed by atoms with E-state index >= 15 is 0 Å². The first-order chi connectivity index (χ1) is 16.1. The number of carbonyl (C=O) groups is 1. The molecule has 3 aliphatic rings. The molecular formula is C25H34IN5O3. The van der Waals surface area contributed by atoms with Gasteiger partial charge < -0.3 is 31.3 Å². The van der Waals surface area contributed by atoms with Crippen molar-refractivity contribution in [1.82, 2.24) is 15.5 Å². The molecule has 8 nitrogen and oxygen atoms in total. The van der Waals surface area contributed by atoms with E-state index in [0.29, 0.717) is 32.2 Å². The summed E-state index contributed by atoms with van der Waals surface area (Å²) in [6, 6.07) is 0.254. The molecule has 0 atom stereocenters. The van der Waals surface area contributed by atoms with Crippen molar-refractivity contribution >= 4 is 39.9 Å². The number of amides is 1. The minimum absolute atomic E-state index is 0.254. The number of allylic oxidation sites excluding steroid dienone is 6. The van der Waals surface area contributed by atoms with Crippen LogP contribution in [-0.2, 0) is 4.79 Å². The van der Waals surface area contributed by atoms with Crippen molar-refractivity contribution < 1.29 is 15.1 Å².